The Morgan fingerprint density at radius 3 is 2.39 bits per heavy atom. The van der Waals surface area contributed by atoms with E-state index in [0.717, 1.165) is 19.3 Å². The molecular formula is C22H34O6. The van der Waals surface area contributed by atoms with E-state index >= 15 is 0 Å². The number of allylic oxidation sites excluding steroid dienone is 5. The quantitative estimate of drug-likeness (QED) is 0.358. The van der Waals surface area contributed by atoms with Crippen molar-refractivity contribution >= 4 is 5.97 Å². The third-order valence-electron chi connectivity index (χ3n) is 4.45. The molecule has 1 rings (SSSR count). The second-order valence-corrected chi connectivity index (χ2v) is 6.92. The molecule has 1 aliphatic heterocycles. The summed E-state index contributed by atoms with van der Waals surface area (Å²) in [7, 11) is 0. The van der Waals surface area contributed by atoms with E-state index in [1.807, 2.05) is 12.2 Å². The van der Waals surface area contributed by atoms with Gasteiger partial charge in [0, 0.05) is 12.8 Å². The van der Waals surface area contributed by atoms with Gasteiger partial charge in [-0.25, -0.2) is 0 Å². The molecule has 0 aromatic heterocycles. The molecule has 1 fully saturated rings. The van der Waals surface area contributed by atoms with Crippen LogP contribution in [-0.4, -0.2) is 56.9 Å². The molecule has 6 heteroatoms. The second-order valence-electron chi connectivity index (χ2n) is 6.92. The zero-order valence-corrected chi connectivity index (χ0v) is 16.6. The maximum absolute atomic E-state index is 10.5. The lowest BCUT2D eigenvalue weighted by atomic mass is 10.0. The molecule has 5 atom stereocenters. The van der Waals surface area contributed by atoms with Crippen molar-refractivity contribution in [2.24, 2.45) is 0 Å². The Morgan fingerprint density at radius 2 is 1.75 bits per heavy atom. The lowest BCUT2D eigenvalue weighted by Crippen LogP contribution is -2.25. The van der Waals surface area contributed by atoms with Gasteiger partial charge in [0.1, 0.15) is 6.10 Å². The van der Waals surface area contributed by atoms with Crippen LogP contribution in [0, 0.1) is 0 Å². The summed E-state index contributed by atoms with van der Waals surface area (Å²) in [5, 5.41) is 38.6. The molecular weight excluding hydrogens is 360 g/mol. The normalized spacial score (nSPS) is 25.5. The molecule has 0 radical (unpaired) electrons. The minimum atomic E-state index is -0.968. The smallest absolute Gasteiger partial charge is 0.303 e. The lowest BCUT2D eigenvalue weighted by molar-refractivity contribution is -0.137. The summed E-state index contributed by atoms with van der Waals surface area (Å²) in [6, 6.07) is 0. The van der Waals surface area contributed by atoms with Gasteiger partial charge in [0.25, 0.3) is 0 Å². The van der Waals surface area contributed by atoms with Crippen LogP contribution in [0.25, 0.3) is 0 Å². The maximum atomic E-state index is 10.5. The predicted octanol–water partition coefficient (Wildman–Crippen LogP) is 2.90. The van der Waals surface area contributed by atoms with Crippen molar-refractivity contribution < 1.29 is 30.0 Å². The van der Waals surface area contributed by atoms with Gasteiger partial charge in [0.2, 0.25) is 0 Å². The van der Waals surface area contributed by atoms with Gasteiger partial charge in [0.15, 0.2) is 0 Å². The Labute approximate surface area is 167 Å². The van der Waals surface area contributed by atoms with Crippen molar-refractivity contribution in [3.8, 4) is 0 Å². The van der Waals surface area contributed by atoms with Crippen LogP contribution < -0.4 is 0 Å². The first-order valence-corrected chi connectivity index (χ1v) is 9.98. The summed E-state index contributed by atoms with van der Waals surface area (Å²) < 4.78 is 5.67. The molecule has 0 bridgehead atoms. The van der Waals surface area contributed by atoms with Gasteiger partial charge in [0.05, 0.1) is 24.4 Å². The number of hydrogen-bond acceptors (Lipinski definition) is 5. The number of hydrogen-bond donors (Lipinski definition) is 4. The van der Waals surface area contributed by atoms with Crippen LogP contribution in [0.5, 0.6) is 0 Å². The summed E-state index contributed by atoms with van der Waals surface area (Å²) in [4.78, 5) is 10.5. The van der Waals surface area contributed by atoms with Gasteiger partial charge in [-0.3, -0.25) is 4.79 Å². The SMILES string of the molecule is CC/C=C\C/C=C\C/C=C\C[C@H](O)[C@H]1C[C@@H](O)[C@H](/C=C/[C@@H](O)CCC(=O)O)O1. The second kappa shape index (κ2) is 14.3. The number of carbonyl (C=O) groups is 1. The van der Waals surface area contributed by atoms with Gasteiger partial charge in [-0.15, -0.1) is 0 Å². The van der Waals surface area contributed by atoms with Crippen LogP contribution in [0.4, 0.5) is 0 Å². The highest BCUT2D eigenvalue weighted by atomic mass is 16.5. The minimum Gasteiger partial charge on any atom is -0.481 e. The van der Waals surface area contributed by atoms with Crippen molar-refractivity contribution in [2.75, 3.05) is 0 Å². The molecule has 0 unspecified atom stereocenters. The van der Waals surface area contributed by atoms with Crippen LogP contribution in [0.1, 0.15) is 51.9 Å². The molecule has 158 valence electrons. The Hall–Kier alpha value is -1.73. The third kappa shape index (κ3) is 10.6. The fraction of sp³-hybridized carbons (Fsp3) is 0.591. The highest BCUT2D eigenvalue weighted by Gasteiger charge is 2.35. The number of ether oxygens (including phenoxy) is 1. The van der Waals surface area contributed by atoms with Crippen LogP contribution in [-0.2, 0) is 9.53 Å². The monoisotopic (exact) mass is 394 g/mol. The Bertz CT molecular complexity index is 551. The first-order chi connectivity index (χ1) is 13.4. The molecule has 1 aliphatic rings. The van der Waals surface area contributed by atoms with E-state index in [1.165, 1.54) is 12.2 Å². The number of aliphatic hydroxyl groups is 3. The zero-order chi connectivity index (χ0) is 20.8. The molecule has 0 spiro atoms. The highest BCUT2D eigenvalue weighted by Crippen LogP contribution is 2.25. The van der Waals surface area contributed by atoms with E-state index in [0.29, 0.717) is 12.8 Å². The Morgan fingerprint density at radius 1 is 1.11 bits per heavy atom. The van der Waals surface area contributed by atoms with Crippen molar-refractivity contribution in [2.45, 2.75) is 82.4 Å². The summed E-state index contributed by atoms with van der Waals surface area (Å²) in [5.41, 5.74) is 0. The lowest BCUT2D eigenvalue weighted by Gasteiger charge is -2.16. The third-order valence-corrected chi connectivity index (χ3v) is 4.45. The van der Waals surface area contributed by atoms with Crippen LogP contribution in [0.15, 0.2) is 48.6 Å². The van der Waals surface area contributed by atoms with Crippen LogP contribution in [0.3, 0.4) is 0 Å². The highest BCUT2D eigenvalue weighted by molar-refractivity contribution is 5.66. The molecule has 0 amide bonds. The molecule has 28 heavy (non-hydrogen) atoms. The fourth-order valence-electron chi connectivity index (χ4n) is 2.84. The minimum absolute atomic E-state index is 0.106. The van der Waals surface area contributed by atoms with Gasteiger partial charge < -0.3 is 25.2 Å². The largest absolute Gasteiger partial charge is 0.481 e. The number of aliphatic carboxylic acids is 1. The topological polar surface area (TPSA) is 107 Å². The number of carboxylic acids is 1. The maximum Gasteiger partial charge on any atom is 0.303 e. The average molecular weight is 395 g/mol. The van der Waals surface area contributed by atoms with Gasteiger partial charge in [-0.1, -0.05) is 55.5 Å². The molecule has 6 nitrogen and oxygen atoms in total. The van der Waals surface area contributed by atoms with E-state index in [1.54, 1.807) is 0 Å². The van der Waals surface area contributed by atoms with Crippen molar-refractivity contribution in [1.82, 2.24) is 0 Å². The Kier molecular flexibility index (Phi) is 12.4. The summed E-state index contributed by atoms with van der Waals surface area (Å²) in [6.07, 6.45) is 15.4. The van der Waals surface area contributed by atoms with E-state index in [-0.39, 0.29) is 12.8 Å². The predicted molar refractivity (Wildman–Crippen MR) is 109 cm³/mol. The molecule has 0 aliphatic carbocycles. The van der Waals surface area contributed by atoms with E-state index in [2.05, 4.69) is 31.2 Å². The fourth-order valence-corrected chi connectivity index (χ4v) is 2.84. The van der Waals surface area contributed by atoms with Gasteiger partial charge in [-0.2, -0.15) is 0 Å². The van der Waals surface area contributed by atoms with Gasteiger partial charge in [-0.05, 0) is 32.1 Å². The number of carboxylic acid groups (broad SMARTS) is 1. The zero-order valence-electron chi connectivity index (χ0n) is 16.6. The van der Waals surface area contributed by atoms with Gasteiger partial charge >= 0.3 is 5.97 Å². The summed E-state index contributed by atoms with van der Waals surface area (Å²) >= 11 is 0. The van der Waals surface area contributed by atoms with Crippen LogP contribution >= 0.6 is 0 Å². The molecule has 4 N–H and O–H groups in total. The molecule has 0 saturated carbocycles. The number of aliphatic hydroxyl groups excluding tert-OH is 3. The first-order valence-electron chi connectivity index (χ1n) is 9.98. The first kappa shape index (κ1) is 24.3. The molecule has 0 aromatic rings. The standard InChI is InChI=1S/C22H34O6/c1-2-3-4-5-6-7-8-9-10-11-18(24)21-16-19(25)20(28-21)14-12-17(23)13-15-22(26)27/h3-4,6-7,9-10,12,14,17-21,23-25H,2,5,8,11,13,15-16H2,1H3,(H,26,27)/b4-3-,7-6-,10-9-,14-12+/t17-,18+,19-,20+,21-/m1/s1. The molecule has 1 saturated heterocycles. The summed E-state index contributed by atoms with van der Waals surface area (Å²) in [6.45, 7) is 2.10. The molecule has 0 aromatic carbocycles. The average Bonchev–Trinajstić information content (AvgIpc) is 3.04. The van der Waals surface area contributed by atoms with Crippen LogP contribution in [0.2, 0.25) is 0 Å². The van der Waals surface area contributed by atoms with Crippen molar-refractivity contribution in [3.63, 3.8) is 0 Å². The van der Waals surface area contributed by atoms with Crippen molar-refractivity contribution in [3.05, 3.63) is 48.6 Å². The summed E-state index contributed by atoms with van der Waals surface area (Å²) in [5.74, 6) is -0.968. The molecule has 1 heterocycles. The van der Waals surface area contributed by atoms with E-state index in [9.17, 15) is 20.1 Å². The van der Waals surface area contributed by atoms with E-state index < -0.39 is 36.5 Å². The number of rotatable bonds is 13. The van der Waals surface area contributed by atoms with E-state index in [4.69, 9.17) is 9.84 Å². The Balaban J connectivity index is 2.31. The van der Waals surface area contributed by atoms with Crippen molar-refractivity contribution in [1.29, 1.82) is 0 Å².